The van der Waals surface area contributed by atoms with Crippen LogP contribution >= 0.6 is 0 Å². The first kappa shape index (κ1) is 20.7. The molecule has 2 fully saturated rings. The van der Waals surface area contributed by atoms with E-state index in [-0.39, 0.29) is 11.2 Å². The summed E-state index contributed by atoms with van der Waals surface area (Å²) in [5.74, 6) is 2.96. The van der Waals surface area contributed by atoms with E-state index in [1.807, 2.05) is 18.2 Å². The summed E-state index contributed by atoms with van der Waals surface area (Å²) in [6.45, 7) is 6.19. The highest BCUT2D eigenvalue weighted by molar-refractivity contribution is 5.95. The molecule has 0 heterocycles. The minimum atomic E-state index is -0.0444. The molecule has 162 valence electrons. The van der Waals surface area contributed by atoms with Crippen LogP contribution in [-0.2, 0) is 17.6 Å². The lowest BCUT2D eigenvalue weighted by molar-refractivity contribution is -0.129. The van der Waals surface area contributed by atoms with Crippen LogP contribution in [-0.4, -0.2) is 11.6 Å². The third-order valence-electron chi connectivity index (χ3n) is 8.95. The summed E-state index contributed by atoms with van der Waals surface area (Å²) in [6, 6.07) is 15.2. The molecule has 0 amide bonds. The zero-order valence-electron chi connectivity index (χ0n) is 19.1. The van der Waals surface area contributed by atoms with Gasteiger partial charge in [-0.2, -0.15) is 0 Å². The van der Waals surface area contributed by atoms with Gasteiger partial charge in [-0.15, -0.1) is 0 Å². The topological polar surface area (TPSA) is 34.1 Å². The first-order valence-corrected chi connectivity index (χ1v) is 12.1. The number of Topliss-reactive ketones (excluding diaryl/α,β-unsaturated/α-hetero) is 2. The second-order valence-electron chi connectivity index (χ2n) is 10.6. The summed E-state index contributed by atoms with van der Waals surface area (Å²) in [5, 5.41) is 0. The molecule has 3 aliphatic rings. The van der Waals surface area contributed by atoms with Crippen LogP contribution < -0.4 is 0 Å². The molecule has 0 spiro atoms. The number of hydrogen-bond donors (Lipinski definition) is 0. The number of benzene rings is 2. The molecule has 2 saturated carbocycles. The fourth-order valence-corrected chi connectivity index (χ4v) is 7.17. The van der Waals surface area contributed by atoms with Crippen molar-refractivity contribution in [3.63, 3.8) is 0 Å². The molecule has 0 aliphatic heterocycles. The predicted octanol–water partition coefficient (Wildman–Crippen LogP) is 6.66. The summed E-state index contributed by atoms with van der Waals surface area (Å²) in [5.41, 5.74) is 6.42. The van der Waals surface area contributed by atoms with Gasteiger partial charge >= 0.3 is 0 Å². The van der Waals surface area contributed by atoms with E-state index in [1.165, 1.54) is 17.5 Å². The lowest BCUT2D eigenvalue weighted by Gasteiger charge is -2.48. The van der Waals surface area contributed by atoms with Crippen molar-refractivity contribution in [2.75, 3.05) is 0 Å². The molecule has 2 heteroatoms. The van der Waals surface area contributed by atoms with Crippen molar-refractivity contribution < 1.29 is 9.59 Å². The minimum Gasteiger partial charge on any atom is -0.299 e. The second-order valence-corrected chi connectivity index (χ2v) is 10.6. The van der Waals surface area contributed by atoms with E-state index in [0.717, 1.165) is 49.7 Å². The molecule has 2 nitrogen and oxygen atoms in total. The van der Waals surface area contributed by atoms with Gasteiger partial charge < -0.3 is 0 Å². The van der Waals surface area contributed by atoms with Crippen molar-refractivity contribution in [1.82, 2.24) is 0 Å². The van der Waals surface area contributed by atoms with Crippen molar-refractivity contribution in [1.29, 1.82) is 0 Å². The quantitative estimate of drug-likeness (QED) is 0.524. The summed E-state index contributed by atoms with van der Waals surface area (Å²) in [4.78, 5) is 24.6. The molecule has 1 unspecified atom stereocenters. The zero-order chi connectivity index (χ0) is 21.8. The smallest absolute Gasteiger partial charge is 0.160 e. The van der Waals surface area contributed by atoms with Gasteiger partial charge in [0, 0.05) is 17.4 Å². The highest BCUT2D eigenvalue weighted by Gasteiger charge is 2.54. The van der Waals surface area contributed by atoms with E-state index in [4.69, 9.17) is 0 Å². The van der Waals surface area contributed by atoms with Crippen LogP contribution in [0.25, 0.3) is 0 Å². The Balaban J connectivity index is 1.38. The summed E-state index contributed by atoms with van der Waals surface area (Å²) in [6.07, 6.45) is 7.40. The van der Waals surface area contributed by atoms with Crippen LogP contribution in [0, 0.1) is 17.3 Å². The second kappa shape index (κ2) is 7.73. The molecule has 31 heavy (non-hydrogen) atoms. The maximum Gasteiger partial charge on any atom is 0.160 e. The van der Waals surface area contributed by atoms with Crippen LogP contribution in [0.15, 0.2) is 42.5 Å². The molecule has 5 rings (SSSR count). The number of ketones is 2. The number of rotatable bonds is 4. The van der Waals surface area contributed by atoms with Crippen molar-refractivity contribution in [3.8, 4) is 0 Å². The van der Waals surface area contributed by atoms with E-state index in [2.05, 4.69) is 38.1 Å². The van der Waals surface area contributed by atoms with Crippen LogP contribution in [0.1, 0.15) is 97.3 Å². The van der Waals surface area contributed by atoms with Crippen molar-refractivity contribution in [3.05, 3.63) is 70.3 Å². The van der Waals surface area contributed by atoms with Gasteiger partial charge in [0.15, 0.2) is 5.78 Å². The number of fused-ring (bicyclic) bond motifs is 5. The molecular weight excluding hydrogens is 380 g/mol. The maximum absolute atomic E-state index is 12.6. The molecule has 0 bridgehead atoms. The Morgan fingerprint density at radius 1 is 1.10 bits per heavy atom. The predicted molar refractivity (Wildman–Crippen MR) is 125 cm³/mol. The Kier molecular flexibility index (Phi) is 5.15. The molecule has 0 N–H and O–H groups in total. The monoisotopic (exact) mass is 414 g/mol. The van der Waals surface area contributed by atoms with Gasteiger partial charge in [-0.25, -0.2) is 0 Å². The first-order chi connectivity index (χ1) is 14.9. The Bertz CT molecular complexity index is 1030. The average molecular weight is 415 g/mol. The normalized spacial score (nSPS) is 30.3. The summed E-state index contributed by atoms with van der Waals surface area (Å²) < 4.78 is 0. The largest absolute Gasteiger partial charge is 0.299 e. The van der Waals surface area contributed by atoms with Crippen LogP contribution in [0.3, 0.4) is 0 Å². The van der Waals surface area contributed by atoms with Gasteiger partial charge in [0.25, 0.3) is 0 Å². The van der Waals surface area contributed by atoms with Crippen molar-refractivity contribution in [2.45, 2.75) is 77.6 Å². The van der Waals surface area contributed by atoms with Crippen LogP contribution in [0.5, 0.6) is 0 Å². The van der Waals surface area contributed by atoms with E-state index in [0.29, 0.717) is 29.5 Å². The van der Waals surface area contributed by atoms with E-state index in [9.17, 15) is 9.59 Å². The standard InChI is InChI=1S/C29H34O2/c1-18(16-21-6-4-5-7-23(21)19(2)30)20-8-10-24-22(17-20)9-11-26-25(24)14-15-29(3)27(26)12-13-28(29)31/h4-8,10,17-18,25-27H,9,11-16H2,1-3H3/t18?,25-,26-,27+,29+/m1/s1. The third kappa shape index (κ3) is 3.39. The van der Waals surface area contributed by atoms with Crippen LogP contribution in [0.2, 0.25) is 0 Å². The average Bonchev–Trinajstić information content (AvgIpc) is 3.08. The van der Waals surface area contributed by atoms with Gasteiger partial charge in [0.2, 0.25) is 0 Å². The van der Waals surface area contributed by atoms with Gasteiger partial charge in [0.1, 0.15) is 5.78 Å². The highest BCUT2D eigenvalue weighted by Crippen LogP contribution is 2.59. The van der Waals surface area contributed by atoms with Crippen molar-refractivity contribution in [2.24, 2.45) is 17.3 Å². The van der Waals surface area contributed by atoms with Gasteiger partial charge in [-0.05, 0) is 91.4 Å². The summed E-state index contributed by atoms with van der Waals surface area (Å²) in [7, 11) is 0. The fraction of sp³-hybridized carbons (Fsp3) is 0.517. The molecule has 0 radical (unpaired) electrons. The van der Waals surface area contributed by atoms with E-state index < -0.39 is 0 Å². The lowest BCUT2D eigenvalue weighted by Crippen LogP contribution is -2.42. The molecular formula is C29H34O2. The third-order valence-corrected chi connectivity index (χ3v) is 8.95. The van der Waals surface area contributed by atoms with E-state index in [1.54, 1.807) is 12.5 Å². The first-order valence-electron chi connectivity index (χ1n) is 12.1. The molecule has 3 aliphatic carbocycles. The van der Waals surface area contributed by atoms with Gasteiger partial charge in [-0.3, -0.25) is 9.59 Å². The fourth-order valence-electron chi connectivity index (χ4n) is 7.17. The number of carbonyl (C=O) groups is 2. The number of aryl methyl sites for hydroxylation is 1. The Morgan fingerprint density at radius 3 is 2.71 bits per heavy atom. The SMILES string of the molecule is CC(=O)c1ccccc1CC(C)c1ccc2c(c1)CC[C@@H]1[C@@H]2CC[C@]2(C)C(=O)CC[C@@H]12. The van der Waals surface area contributed by atoms with Crippen LogP contribution in [0.4, 0.5) is 0 Å². The molecule has 0 aromatic heterocycles. The van der Waals surface area contributed by atoms with Gasteiger partial charge in [-0.1, -0.05) is 56.3 Å². The number of hydrogen-bond acceptors (Lipinski definition) is 2. The molecule has 2 aromatic rings. The van der Waals surface area contributed by atoms with Gasteiger partial charge in [0.05, 0.1) is 0 Å². The minimum absolute atomic E-state index is 0.0444. The Labute approximate surface area is 186 Å². The maximum atomic E-state index is 12.6. The lowest BCUT2D eigenvalue weighted by atomic mass is 9.55. The summed E-state index contributed by atoms with van der Waals surface area (Å²) >= 11 is 0. The zero-order valence-corrected chi connectivity index (χ0v) is 19.1. The van der Waals surface area contributed by atoms with Crippen molar-refractivity contribution >= 4 is 11.6 Å². The Hall–Kier alpha value is -2.22. The number of carbonyl (C=O) groups excluding carboxylic acids is 2. The molecule has 5 atom stereocenters. The van der Waals surface area contributed by atoms with E-state index >= 15 is 0 Å². The molecule has 2 aromatic carbocycles. The Morgan fingerprint density at radius 2 is 1.90 bits per heavy atom. The molecule has 0 saturated heterocycles. The highest BCUT2D eigenvalue weighted by atomic mass is 16.1.